The number of amides is 1. The normalized spacial score (nSPS) is 15.3. The number of carbonyl (C=O) groups is 1. The molecule has 0 radical (unpaired) electrons. The Hall–Kier alpha value is -2.75. The molecule has 1 fully saturated rings. The highest BCUT2D eigenvalue weighted by Crippen LogP contribution is 2.21. The average molecular weight is 456 g/mol. The van der Waals surface area contributed by atoms with E-state index in [0.717, 1.165) is 50.3 Å². The summed E-state index contributed by atoms with van der Waals surface area (Å²) in [6, 6.07) is 12.1. The van der Waals surface area contributed by atoms with Crippen LogP contribution in [0.5, 0.6) is 0 Å². The minimum absolute atomic E-state index is 0.201. The van der Waals surface area contributed by atoms with Crippen LogP contribution >= 0.6 is 11.3 Å². The van der Waals surface area contributed by atoms with Crippen LogP contribution < -0.4 is 16.6 Å². The highest BCUT2D eigenvalue weighted by atomic mass is 32.1. The fourth-order valence-electron chi connectivity index (χ4n) is 4.08. The molecule has 0 atom stereocenters. The first-order valence-corrected chi connectivity index (χ1v) is 11.7. The van der Waals surface area contributed by atoms with Gasteiger partial charge in [-0.05, 0) is 24.6 Å². The van der Waals surface area contributed by atoms with Gasteiger partial charge in [0.1, 0.15) is 4.83 Å². The molecular formula is C23H29N5O3S. The summed E-state index contributed by atoms with van der Waals surface area (Å²) in [7, 11) is 3.06. The van der Waals surface area contributed by atoms with Crippen molar-refractivity contribution in [2.24, 2.45) is 14.1 Å². The number of nitrogens with one attached hydrogen (secondary N) is 1. The van der Waals surface area contributed by atoms with Gasteiger partial charge in [-0.15, -0.1) is 11.3 Å². The first-order chi connectivity index (χ1) is 15.4. The maximum atomic E-state index is 12.6. The molecule has 4 rings (SSSR count). The Labute approximate surface area is 190 Å². The fraction of sp³-hybridized carbons (Fsp3) is 0.435. The Kier molecular flexibility index (Phi) is 6.88. The summed E-state index contributed by atoms with van der Waals surface area (Å²) in [6.07, 6.45) is 0.871. The Morgan fingerprint density at radius 3 is 2.41 bits per heavy atom. The molecule has 3 aromatic rings. The SMILES string of the molecule is Cn1c(=O)c2cc(C(=O)NCCCN3CCN(Cc4ccccc4)CC3)sc2n(C)c1=O. The zero-order valence-electron chi connectivity index (χ0n) is 18.5. The molecule has 9 heteroatoms. The fourth-order valence-corrected chi connectivity index (χ4v) is 5.10. The number of hydrogen-bond acceptors (Lipinski definition) is 6. The number of thiophene rings is 1. The summed E-state index contributed by atoms with van der Waals surface area (Å²) in [5.41, 5.74) is 0.591. The maximum absolute atomic E-state index is 12.6. The number of hydrogen-bond donors (Lipinski definition) is 1. The third kappa shape index (κ3) is 4.85. The minimum Gasteiger partial charge on any atom is -0.351 e. The van der Waals surface area contributed by atoms with Crippen molar-refractivity contribution in [1.29, 1.82) is 0 Å². The van der Waals surface area contributed by atoms with E-state index >= 15 is 0 Å². The van der Waals surface area contributed by atoms with Crippen LogP contribution in [0.15, 0.2) is 46.0 Å². The lowest BCUT2D eigenvalue weighted by atomic mass is 10.2. The molecule has 8 nitrogen and oxygen atoms in total. The molecule has 0 unspecified atom stereocenters. The molecule has 0 spiro atoms. The lowest BCUT2D eigenvalue weighted by molar-refractivity contribution is 0.0951. The number of aryl methyl sites for hydroxylation is 1. The van der Waals surface area contributed by atoms with Crippen molar-refractivity contribution in [2.45, 2.75) is 13.0 Å². The van der Waals surface area contributed by atoms with E-state index in [4.69, 9.17) is 0 Å². The number of piperazine rings is 1. The van der Waals surface area contributed by atoms with Crippen LogP contribution in [-0.2, 0) is 20.6 Å². The monoisotopic (exact) mass is 455 g/mol. The molecule has 1 N–H and O–H groups in total. The van der Waals surface area contributed by atoms with Gasteiger partial charge < -0.3 is 10.2 Å². The van der Waals surface area contributed by atoms with Crippen molar-refractivity contribution in [1.82, 2.24) is 24.3 Å². The Bertz CT molecular complexity index is 1210. The number of rotatable bonds is 7. The van der Waals surface area contributed by atoms with Gasteiger partial charge in [-0.1, -0.05) is 30.3 Å². The van der Waals surface area contributed by atoms with Crippen molar-refractivity contribution in [3.63, 3.8) is 0 Å². The lowest BCUT2D eigenvalue weighted by Crippen LogP contribution is -2.46. The third-order valence-electron chi connectivity index (χ3n) is 6.00. The van der Waals surface area contributed by atoms with E-state index in [0.29, 0.717) is 21.6 Å². The first-order valence-electron chi connectivity index (χ1n) is 10.9. The molecule has 2 aromatic heterocycles. The number of carbonyl (C=O) groups excluding carboxylic acids is 1. The van der Waals surface area contributed by atoms with Gasteiger partial charge in [0.05, 0.1) is 10.3 Å². The van der Waals surface area contributed by atoms with E-state index in [9.17, 15) is 14.4 Å². The lowest BCUT2D eigenvalue weighted by Gasteiger charge is -2.34. The van der Waals surface area contributed by atoms with E-state index in [2.05, 4.69) is 39.4 Å². The van der Waals surface area contributed by atoms with Gasteiger partial charge >= 0.3 is 5.69 Å². The van der Waals surface area contributed by atoms with Gasteiger partial charge in [0, 0.05) is 53.4 Å². The standard InChI is InChI=1S/C23H29N5O3S/c1-25-21(30)18-15-19(32-22(18)26(2)23(25)31)20(29)24-9-6-10-27-11-13-28(14-12-27)16-17-7-4-3-5-8-17/h3-5,7-8,15H,6,9-14,16H2,1-2H3,(H,24,29). The number of aromatic nitrogens is 2. The second-order valence-electron chi connectivity index (χ2n) is 8.25. The van der Waals surface area contributed by atoms with Crippen LogP contribution in [0.4, 0.5) is 0 Å². The van der Waals surface area contributed by atoms with Crippen molar-refractivity contribution in [2.75, 3.05) is 39.3 Å². The van der Waals surface area contributed by atoms with Crippen molar-refractivity contribution in [3.05, 3.63) is 67.7 Å². The highest BCUT2D eigenvalue weighted by Gasteiger charge is 2.18. The van der Waals surface area contributed by atoms with Gasteiger partial charge in [0.25, 0.3) is 11.5 Å². The summed E-state index contributed by atoms with van der Waals surface area (Å²) in [4.78, 5) is 42.8. The second kappa shape index (κ2) is 9.81. The molecule has 0 aliphatic carbocycles. The molecule has 170 valence electrons. The van der Waals surface area contributed by atoms with E-state index in [1.54, 1.807) is 13.1 Å². The maximum Gasteiger partial charge on any atom is 0.331 e. The van der Waals surface area contributed by atoms with Gasteiger partial charge in [0.2, 0.25) is 0 Å². The summed E-state index contributed by atoms with van der Waals surface area (Å²) in [5, 5.41) is 3.35. The summed E-state index contributed by atoms with van der Waals surface area (Å²) < 4.78 is 2.48. The molecule has 1 aromatic carbocycles. The van der Waals surface area contributed by atoms with Crippen LogP contribution in [0.1, 0.15) is 21.7 Å². The van der Waals surface area contributed by atoms with E-state index < -0.39 is 0 Å². The van der Waals surface area contributed by atoms with Crippen molar-refractivity contribution >= 4 is 27.5 Å². The Balaban J connectivity index is 1.23. The van der Waals surface area contributed by atoms with Crippen molar-refractivity contribution < 1.29 is 4.79 Å². The van der Waals surface area contributed by atoms with Crippen LogP contribution in [-0.4, -0.2) is 64.1 Å². The number of nitrogens with zero attached hydrogens (tertiary/aromatic N) is 4. The molecule has 1 amide bonds. The van der Waals surface area contributed by atoms with Gasteiger partial charge in [0.15, 0.2) is 0 Å². The van der Waals surface area contributed by atoms with Crippen LogP contribution in [0, 0.1) is 0 Å². The van der Waals surface area contributed by atoms with Gasteiger partial charge in [-0.3, -0.25) is 23.6 Å². The van der Waals surface area contributed by atoms with Crippen LogP contribution in [0.2, 0.25) is 0 Å². The second-order valence-corrected chi connectivity index (χ2v) is 9.28. The summed E-state index contributed by atoms with van der Waals surface area (Å²) >= 11 is 1.18. The summed E-state index contributed by atoms with van der Waals surface area (Å²) in [6.45, 7) is 6.69. The molecule has 3 heterocycles. The number of fused-ring (bicyclic) bond motifs is 1. The predicted octanol–water partition coefficient (Wildman–Crippen LogP) is 1.24. The zero-order chi connectivity index (χ0) is 22.7. The zero-order valence-corrected chi connectivity index (χ0v) is 19.4. The van der Waals surface area contributed by atoms with E-state index in [1.807, 2.05) is 6.07 Å². The Morgan fingerprint density at radius 1 is 1.00 bits per heavy atom. The third-order valence-corrected chi connectivity index (χ3v) is 7.21. The highest BCUT2D eigenvalue weighted by molar-refractivity contribution is 7.20. The van der Waals surface area contributed by atoms with Gasteiger partial charge in [-0.2, -0.15) is 0 Å². The molecule has 1 aliphatic rings. The van der Waals surface area contributed by atoms with Crippen LogP contribution in [0.25, 0.3) is 10.2 Å². The molecule has 1 aliphatic heterocycles. The van der Waals surface area contributed by atoms with E-state index in [1.165, 1.54) is 28.5 Å². The smallest absolute Gasteiger partial charge is 0.331 e. The largest absolute Gasteiger partial charge is 0.351 e. The van der Waals surface area contributed by atoms with Crippen molar-refractivity contribution in [3.8, 4) is 0 Å². The van der Waals surface area contributed by atoms with Gasteiger partial charge in [-0.25, -0.2) is 4.79 Å². The van der Waals surface area contributed by atoms with E-state index in [-0.39, 0.29) is 17.2 Å². The molecule has 32 heavy (non-hydrogen) atoms. The number of benzene rings is 1. The molecule has 1 saturated heterocycles. The quantitative estimate of drug-likeness (QED) is 0.543. The summed E-state index contributed by atoms with van der Waals surface area (Å²) in [5.74, 6) is -0.201. The topological polar surface area (TPSA) is 79.6 Å². The Morgan fingerprint density at radius 2 is 1.69 bits per heavy atom. The van der Waals surface area contributed by atoms with Crippen LogP contribution in [0.3, 0.4) is 0 Å². The molecular weight excluding hydrogens is 426 g/mol. The minimum atomic E-state index is -0.389. The molecule has 0 bridgehead atoms. The predicted molar refractivity (Wildman–Crippen MR) is 127 cm³/mol. The average Bonchev–Trinajstić information content (AvgIpc) is 3.27. The molecule has 0 saturated carbocycles. The first kappa shape index (κ1) is 22.4.